The van der Waals surface area contributed by atoms with E-state index in [9.17, 15) is 14.9 Å². The molecule has 1 unspecified atom stereocenters. The fraction of sp³-hybridized carbons (Fsp3) is 0.514. The minimum absolute atomic E-state index is 0.109. The second kappa shape index (κ2) is 16.0. The highest BCUT2D eigenvalue weighted by Gasteiger charge is 2.52. The van der Waals surface area contributed by atoms with E-state index in [1.165, 1.54) is 10.8 Å². The fourth-order valence-electron chi connectivity index (χ4n) is 6.31. The highest BCUT2D eigenvalue weighted by molar-refractivity contribution is 7.44. The fourth-order valence-corrected chi connectivity index (χ4v) is 12.6. The maximum atomic E-state index is 13.0. The van der Waals surface area contributed by atoms with Crippen molar-refractivity contribution in [3.8, 4) is 6.07 Å². The van der Waals surface area contributed by atoms with E-state index in [0.717, 1.165) is 10.4 Å². The second-order valence-corrected chi connectivity index (χ2v) is 19.2. The molecule has 4 rings (SSSR count). The predicted octanol–water partition coefficient (Wildman–Crippen LogP) is 5.37. The van der Waals surface area contributed by atoms with Crippen LogP contribution in [-0.2, 0) is 18.2 Å². The van der Waals surface area contributed by atoms with Crippen molar-refractivity contribution in [1.82, 2.24) is 14.2 Å². The molecule has 12 heteroatoms. The first-order chi connectivity index (χ1) is 22.3. The zero-order valence-corrected chi connectivity index (χ0v) is 30.7. The quantitative estimate of drug-likeness (QED) is 0.137. The molecule has 0 amide bonds. The van der Waals surface area contributed by atoms with E-state index < -0.39 is 46.5 Å². The van der Waals surface area contributed by atoms with Crippen LogP contribution in [0.25, 0.3) is 0 Å². The molecule has 0 saturated carbocycles. The Morgan fingerprint density at radius 2 is 1.62 bits per heavy atom. The summed E-state index contributed by atoms with van der Waals surface area (Å²) in [5.74, 6) is 0. The molecule has 0 spiro atoms. The van der Waals surface area contributed by atoms with E-state index in [1.54, 1.807) is 6.92 Å². The summed E-state index contributed by atoms with van der Waals surface area (Å²) in [6.07, 6.45) is 0.345. The van der Waals surface area contributed by atoms with Crippen LogP contribution in [0.1, 0.15) is 73.1 Å². The number of aromatic nitrogens is 2. The number of nitriles is 1. The van der Waals surface area contributed by atoms with Gasteiger partial charge < -0.3 is 18.2 Å². The van der Waals surface area contributed by atoms with Crippen molar-refractivity contribution < 1.29 is 18.2 Å². The van der Waals surface area contributed by atoms with Crippen molar-refractivity contribution in [2.45, 2.75) is 104 Å². The van der Waals surface area contributed by atoms with Crippen molar-refractivity contribution in [1.29, 1.82) is 5.26 Å². The first-order valence-electron chi connectivity index (χ1n) is 16.3. The van der Waals surface area contributed by atoms with Gasteiger partial charge in [0.1, 0.15) is 12.3 Å². The Hall–Kier alpha value is -2.94. The van der Waals surface area contributed by atoms with Gasteiger partial charge >= 0.3 is 5.69 Å². The van der Waals surface area contributed by atoms with Gasteiger partial charge in [-0.1, -0.05) is 81.4 Å². The van der Waals surface area contributed by atoms with Crippen molar-refractivity contribution in [2.24, 2.45) is 0 Å². The zero-order valence-electron chi connectivity index (χ0n) is 28.8. The molecule has 10 nitrogen and oxygen atoms in total. The van der Waals surface area contributed by atoms with E-state index in [2.05, 4.69) is 88.5 Å². The van der Waals surface area contributed by atoms with Crippen molar-refractivity contribution in [2.75, 3.05) is 13.2 Å². The number of aromatic amines is 1. The van der Waals surface area contributed by atoms with Gasteiger partial charge in [0, 0.05) is 30.3 Å². The van der Waals surface area contributed by atoms with Crippen LogP contribution in [0.4, 0.5) is 0 Å². The molecule has 2 heterocycles. The van der Waals surface area contributed by atoms with Crippen molar-refractivity contribution in [3.05, 3.63) is 93.3 Å². The molecule has 1 fully saturated rings. The van der Waals surface area contributed by atoms with Crippen LogP contribution >= 0.6 is 8.53 Å². The van der Waals surface area contributed by atoms with Gasteiger partial charge in [-0.05, 0) is 50.0 Å². The van der Waals surface area contributed by atoms with Crippen LogP contribution in [0.3, 0.4) is 0 Å². The summed E-state index contributed by atoms with van der Waals surface area (Å²) in [6, 6.07) is 23.2. The Kier molecular flexibility index (Phi) is 12.5. The number of hydrogen-bond donors (Lipinski definition) is 1. The van der Waals surface area contributed by atoms with Crippen LogP contribution < -0.4 is 21.6 Å². The predicted molar refractivity (Wildman–Crippen MR) is 188 cm³/mol. The molecule has 254 valence electrons. The number of H-pyrrole nitrogens is 1. The first-order valence-corrected chi connectivity index (χ1v) is 19.3. The molecule has 47 heavy (non-hydrogen) atoms. The number of benzene rings is 2. The van der Waals surface area contributed by atoms with E-state index in [1.807, 2.05) is 36.4 Å². The number of ether oxygens (including phenoxy) is 1. The van der Waals surface area contributed by atoms with Gasteiger partial charge in [0.25, 0.3) is 22.4 Å². The lowest BCUT2D eigenvalue weighted by Crippen LogP contribution is -2.67. The monoisotopic (exact) mass is 680 g/mol. The molecule has 4 atom stereocenters. The number of nitrogens with one attached hydrogen (secondary N) is 1. The van der Waals surface area contributed by atoms with E-state index >= 15 is 0 Å². The Bertz CT molecular complexity index is 1550. The maximum absolute atomic E-state index is 13.0. The van der Waals surface area contributed by atoms with Crippen LogP contribution in [0.5, 0.6) is 0 Å². The average molecular weight is 681 g/mol. The molecule has 0 aliphatic carbocycles. The SMILES string of the molecule is Cc1cn([C@H]2C[C@H](OP(OCCC#N)N(C(C)C)C(C)C)[C@@H](CO[Si](c3ccccc3)(c3ccccc3)C(C)(C)C)O2)c(=O)[nH]c1=O. The highest BCUT2D eigenvalue weighted by atomic mass is 31.2. The Morgan fingerprint density at radius 3 is 2.13 bits per heavy atom. The lowest BCUT2D eigenvalue weighted by Gasteiger charge is -2.44. The lowest BCUT2D eigenvalue weighted by molar-refractivity contribution is -0.0407. The normalized spacial score (nSPS) is 19.4. The summed E-state index contributed by atoms with van der Waals surface area (Å²) in [7, 11) is -4.52. The van der Waals surface area contributed by atoms with Gasteiger partial charge in [0.05, 0.1) is 31.8 Å². The molecule has 1 aliphatic heterocycles. The minimum Gasteiger partial charge on any atom is -0.405 e. The van der Waals surface area contributed by atoms with E-state index in [4.69, 9.17) is 18.2 Å². The molecular weight excluding hydrogens is 631 g/mol. The Labute approximate surface area is 280 Å². The Morgan fingerprint density at radius 1 is 1.04 bits per heavy atom. The third-order valence-corrected chi connectivity index (χ3v) is 15.6. The van der Waals surface area contributed by atoms with Crippen molar-refractivity contribution in [3.63, 3.8) is 0 Å². The molecule has 3 aromatic rings. The summed E-state index contributed by atoms with van der Waals surface area (Å²) in [5, 5.41) is 11.3. The van der Waals surface area contributed by atoms with Gasteiger partial charge in [-0.25, -0.2) is 9.46 Å². The third kappa shape index (κ3) is 8.38. The number of aryl methyl sites for hydroxylation is 1. The van der Waals surface area contributed by atoms with Crippen LogP contribution in [0.2, 0.25) is 5.04 Å². The summed E-state index contributed by atoms with van der Waals surface area (Å²) >= 11 is 0. The zero-order chi connectivity index (χ0) is 34.4. The largest absolute Gasteiger partial charge is 0.405 e. The second-order valence-electron chi connectivity index (χ2n) is 13.5. The lowest BCUT2D eigenvalue weighted by atomic mass is 10.2. The number of hydrogen-bond acceptors (Lipinski definition) is 8. The van der Waals surface area contributed by atoms with Crippen LogP contribution in [0.15, 0.2) is 76.4 Å². The van der Waals surface area contributed by atoms with Crippen LogP contribution in [0, 0.1) is 18.3 Å². The molecule has 1 N–H and O–H groups in total. The Balaban J connectivity index is 1.76. The summed E-state index contributed by atoms with van der Waals surface area (Å²) < 4.78 is 30.6. The summed E-state index contributed by atoms with van der Waals surface area (Å²) in [6.45, 7) is 17.1. The molecule has 2 aromatic carbocycles. The maximum Gasteiger partial charge on any atom is 0.330 e. The van der Waals surface area contributed by atoms with Gasteiger partial charge in [0.15, 0.2) is 0 Å². The van der Waals surface area contributed by atoms with E-state index in [-0.39, 0.29) is 36.8 Å². The molecule has 1 aliphatic rings. The van der Waals surface area contributed by atoms with Gasteiger partial charge in [-0.2, -0.15) is 5.26 Å². The smallest absolute Gasteiger partial charge is 0.330 e. The highest BCUT2D eigenvalue weighted by Crippen LogP contribution is 2.50. The molecular formula is C35H49N4O6PSi. The number of nitrogens with zero attached hydrogens (tertiary/aromatic N) is 3. The van der Waals surface area contributed by atoms with Crippen molar-refractivity contribution >= 4 is 27.2 Å². The first kappa shape index (κ1) is 36.9. The standard InChI is InChI=1S/C35H49N4O6PSi/c1-25(2)39(26(3)4)46(42-21-15-20-36)45-30-22-32(38-23-27(5)33(40)37-34(38)41)44-31(30)24-43-47(35(6,7)8,28-16-11-9-12-17-28)29-18-13-10-14-19-29/h9-14,16-19,23,25-26,30-32H,15,21-22,24H2,1-8H3,(H,37,40,41)/t30-,31+,32+,46?/m0/s1. The van der Waals surface area contributed by atoms with Gasteiger partial charge in [-0.15, -0.1) is 0 Å². The van der Waals surface area contributed by atoms with E-state index in [0.29, 0.717) is 12.0 Å². The summed E-state index contributed by atoms with van der Waals surface area (Å²) in [5.41, 5.74) is -0.565. The molecule has 0 radical (unpaired) electrons. The topological polar surface area (TPSA) is 119 Å². The summed E-state index contributed by atoms with van der Waals surface area (Å²) in [4.78, 5) is 27.6. The van der Waals surface area contributed by atoms with Gasteiger partial charge in [0.2, 0.25) is 0 Å². The van der Waals surface area contributed by atoms with Crippen LogP contribution in [-0.4, -0.2) is 60.0 Å². The molecule has 1 saturated heterocycles. The number of rotatable bonds is 14. The average Bonchev–Trinajstić information content (AvgIpc) is 3.41. The molecule has 1 aromatic heterocycles. The molecule has 0 bridgehead atoms. The third-order valence-electron chi connectivity index (χ3n) is 8.41. The van der Waals surface area contributed by atoms with Gasteiger partial charge in [-0.3, -0.25) is 14.3 Å². The minimum atomic E-state index is -2.92.